The van der Waals surface area contributed by atoms with Gasteiger partial charge < -0.3 is 20.1 Å². The maximum Gasteiger partial charge on any atom is 0.257 e. The molecule has 2 N–H and O–H groups in total. The first-order valence-corrected chi connectivity index (χ1v) is 8.82. The molecule has 6 nitrogen and oxygen atoms in total. The molecule has 0 saturated heterocycles. The number of hydrogen-bond acceptors (Lipinski definition) is 5. The number of carbonyl (C=O) groups excluding carboxylic acids is 1. The van der Waals surface area contributed by atoms with E-state index in [9.17, 15) is 4.79 Å². The van der Waals surface area contributed by atoms with Gasteiger partial charge in [0, 0.05) is 17.3 Å². The predicted octanol–water partition coefficient (Wildman–Crippen LogP) is 4.71. The molecule has 1 aromatic heterocycles. The number of benzene rings is 2. The Labute approximate surface area is 164 Å². The molecular formula is C22H23N3O3. The lowest BCUT2D eigenvalue weighted by atomic mass is 10.1. The highest BCUT2D eigenvalue weighted by molar-refractivity contribution is 6.04. The Balaban J connectivity index is 1.71. The van der Waals surface area contributed by atoms with Crippen LogP contribution < -0.4 is 20.1 Å². The van der Waals surface area contributed by atoms with Gasteiger partial charge >= 0.3 is 0 Å². The molecule has 1 amide bonds. The van der Waals surface area contributed by atoms with Crippen molar-refractivity contribution in [3.05, 3.63) is 71.4 Å². The Morgan fingerprint density at radius 2 is 1.50 bits per heavy atom. The van der Waals surface area contributed by atoms with E-state index in [2.05, 4.69) is 47.7 Å². The maximum absolute atomic E-state index is 12.5. The average Bonchev–Trinajstić information content (AvgIpc) is 2.68. The van der Waals surface area contributed by atoms with Crippen LogP contribution in [0.15, 0.2) is 54.7 Å². The summed E-state index contributed by atoms with van der Waals surface area (Å²) in [6.45, 7) is 4.12. The van der Waals surface area contributed by atoms with E-state index in [0.29, 0.717) is 22.9 Å². The summed E-state index contributed by atoms with van der Waals surface area (Å²) in [6.07, 6.45) is 1.68. The number of anilines is 3. The Kier molecular flexibility index (Phi) is 5.79. The fourth-order valence-electron chi connectivity index (χ4n) is 2.88. The molecule has 0 aliphatic rings. The smallest absolute Gasteiger partial charge is 0.257 e. The van der Waals surface area contributed by atoms with E-state index in [0.717, 1.165) is 11.4 Å². The van der Waals surface area contributed by atoms with Crippen LogP contribution in [0, 0.1) is 13.8 Å². The van der Waals surface area contributed by atoms with E-state index < -0.39 is 0 Å². The molecule has 0 radical (unpaired) electrons. The summed E-state index contributed by atoms with van der Waals surface area (Å²) < 4.78 is 10.4. The molecule has 0 atom stereocenters. The van der Waals surface area contributed by atoms with Crippen LogP contribution >= 0.6 is 0 Å². The second-order valence-electron chi connectivity index (χ2n) is 6.49. The summed E-state index contributed by atoms with van der Waals surface area (Å²) in [6, 6.07) is 14.9. The third kappa shape index (κ3) is 4.79. The van der Waals surface area contributed by atoms with E-state index in [4.69, 9.17) is 9.47 Å². The lowest BCUT2D eigenvalue weighted by molar-refractivity contribution is 0.102. The number of methoxy groups -OCH3 is 2. The zero-order chi connectivity index (χ0) is 20.1. The largest absolute Gasteiger partial charge is 0.497 e. The topological polar surface area (TPSA) is 72.5 Å². The van der Waals surface area contributed by atoms with Crippen molar-refractivity contribution in [2.75, 3.05) is 24.9 Å². The van der Waals surface area contributed by atoms with Crippen molar-refractivity contribution in [2.24, 2.45) is 0 Å². The van der Waals surface area contributed by atoms with Crippen molar-refractivity contribution in [3.8, 4) is 11.5 Å². The second-order valence-corrected chi connectivity index (χ2v) is 6.49. The maximum atomic E-state index is 12.5. The first-order valence-electron chi connectivity index (χ1n) is 8.82. The molecule has 3 rings (SSSR count). The predicted molar refractivity (Wildman–Crippen MR) is 111 cm³/mol. The zero-order valence-electron chi connectivity index (χ0n) is 16.4. The lowest BCUT2D eigenvalue weighted by Crippen LogP contribution is -2.13. The van der Waals surface area contributed by atoms with E-state index >= 15 is 0 Å². The summed E-state index contributed by atoms with van der Waals surface area (Å²) in [7, 11) is 3.08. The minimum atomic E-state index is -0.292. The molecule has 1 heterocycles. The van der Waals surface area contributed by atoms with Crippen LogP contribution in [0.1, 0.15) is 21.5 Å². The Bertz CT molecular complexity index is 942. The number of aromatic nitrogens is 1. The first-order chi connectivity index (χ1) is 13.5. The standard InChI is InChI=1S/C22H23N3O3/c1-14-7-15(2)9-18(8-14)24-17-5-6-21(23-13-17)25-22(26)16-10-19(27-3)12-20(11-16)28-4/h5-13,24H,1-4H3,(H,23,25,26). The van der Waals surface area contributed by atoms with Gasteiger partial charge in [-0.15, -0.1) is 0 Å². The Morgan fingerprint density at radius 1 is 0.857 bits per heavy atom. The molecule has 0 spiro atoms. The summed E-state index contributed by atoms with van der Waals surface area (Å²) in [5.74, 6) is 1.26. The molecular weight excluding hydrogens is 354 g/mol. The highest BCUT2D eigenvalue weighted by atomic mass is 16.5. The van der Waals surface area contributed by atoms with Gasteiger partial charge in [0.1, 0.15) is 17.3 Å². The van der Waals surface area contributed by atoms with Crippen LogP contribution in [0.4, 0.5) is 17.2 Å². The fraction of sp³-hybridized carbons (Fsp3) is 0.182. The van der Waals surface area contributed by atoms with Gasteiger partial charge in [0.05, 0.1) is 26.1 Å². The first kappa shape index (κ1) is 19.2. The molecule has 6 heteroatoms. The number of nitrogens with zero attached hydrogens (tertiary/aromatic N) is 1. The molecule has 0 saturated carbocycles. The minimum absolute atomic E-state index is 0.292. The van der Waals surface area contributed by atoms with Gasteiger partial charge in [-0.25, -0.2) is 4.98 Å². The molecule has 3 aromatic rings. The van der Waals surface area contributed by atoms with E-state index in [1.165, 1.54) is 11.1 Å². The van der Waals surface area contributed by atoms with Crippen molar-refractivity contribution in [2.45, 2.75) is 13.8 Å². The third-order valence-electron chi connectivity index (χ3n) is 4.13. The van der Waals surface area contributed by atoms with Crippen molar-refractivity contribution in [1.82, 2.24) is 4.98 Å². The summed E-state index contributed by atoms with van der Waals surface area (Å²) >= 11 is 0. The molecule has 0 bridgehead atoms. The number of ether oxygens (including phenoxy) is 2. The van der Waals surface area contributed by atoms with Gasteiger partial charge in [0.2, 0.25) is 0 Å². The van der Waals surface area contributed by atoms with Crippen molar-refractivity contribution < 1.29 is 14.3 Å². The highest BCUT2D eigenvalue weighted by Gasteiger charge is 2.11. The molecule has 28 heavy (non-hydrogen) atoms. The average molecular weight is 377 g/mol. The lowest BCUT2D eigenvalue weighted by Gasteiger charge is -2.10. The number of carbonyl (C=O) groups is 1. The highest BCUT2D eigenvalue weighted by Crippen LogP contribution is 2.24. The number of pyridine rings is 1. The summed E-state index contributed by atoms with van der Waals surface area (Å²) in [5.41, 5.74) is 4.64. The number of aryl methyl sites for hydroxylation is 2. The molecule has 144 valence electrons. The number of amides is 1. The monoisotopic (exact) mass is 377 g/mol. The molecule has 0 unspecified atom stereocenters. The molecule has 2 aromatic carbocycles. The zero-order valence-corrected chi connectivity index (χ0v) is 16.4. The van der Waals surface area contributed by atoms with Crippen molar-refractivity contribution >= 4 is 23.1 Å². The van der Waals surface area contributed by atoms with E-state index in [-0.39, 0.29) is 5.91 Å². The fourth-order valence-corrected chi connectivity index (χ4v) is 2.88. The van der Waals surface area contributed by atoms with Crippen LogP contribution in [-0.4, -0.2) is 25.1 Å². The Morgan fingerprint density at radius 3 is 2.04 bits per heavy atom. The van der Waals surface area contributed by atoms with Crippen LogP contribution in [0.2, 0.25) is 0 Å². The molecule has 0 aliphatic heterocycles. The van der Waals surface area contributed by atoms with Crippen molar-refractivity contribution in [3.63, 3.8) is 0 Å². The number of rotatable bonds is 6. The van der Waals surface area contributed by atoms with E-state index in [1.54, 1.807) is 44.7 Å². The normalized spacial score (nSPS) is 10.3. The van der Waals surface area contributed by atoms with E-state index in [1.807, 2.05) is 6.07 Å². The SMILES string of the molecule is COc1cc(OC)cc(C(=O)Nc2ccc(Nc3cc(C)cc(C)c3)cn2)c1. The molecule has 0 fully saturated rings. The van der Waals surface area contributed by atoms with Gasteiger partial charge in [-0.2, -0.15) is 0 Å². The quantitative estimate of drug-likeness (QED) is 0.651. The second kappa shape index (κ2) is 8.43. The third-order valence-corrected chi connectivity index (χ3v) is 4.13. The van der Waals surface area contributed by atoms with Crippen LogP contribution in [0.3, 0.4) is 0 Å². The number of hydrogen-bond donors (Lipinski definition) is 2. The van der Waals surface area contributed by atoms with Gasteiger partial charge in [-0.05, 0) is 61.4 Å². The van der Waals surface area contributed by atoms with Gasteiger partial charge in [0.15, 0.2) is 0 Å². The Hall–Kier alpha value is -3.54. The van der Waals surface area contributed by atoms with Gasteiger partial charge in [-0.3, -0.25) is 4.79 Å². The van der Waals surface area contributed by atoms with Crippen molar-refractivity contribution in [1.29, 1.82) is 0 Å². The van der Waals surface area contributed by atoms with Crippen LogP contribution in [-0.2, 0) is 0 Å². The minimum Gasteiger partial charge on any atom is -0.497 e. The van der Waals surface area contributed by atoms with Gasteiger partial charge in [-0.1, -0.05) is 6.07 Å². The van der Waals surface area contributed by atoms with Crippen LogP contribution in [0.5, 0.6) is 11.5 Å². The summed E-state index contributed by atoms with van der Waals surface area (Å²) in [4.78, 5) is 16.8. The number of nitrogens with one attached hydrogen (secondary N) is 2. The van der Waals surface area contributed by atoms with Crippen LogP contribution in [0.25, 0.3) is 0 Å². The van der Waals surface area contributed by atoms with Gasteiger partial charge in [0.25, 0.3) is 5.91 Å². The molecule has 0 aliphatic carbocycles. The summed E-state index contributed by atoms with van der Waals surface area (Å²) in [5, 5.41) is 6.10.